The van der Waals surface area contributed by atoms with E-state index in [-0.39, 0.29) is 0 Å². The number of quaternary nitrogens is 1. The fraction of sp³-hybridized carbons (Fsp3) is 0.909. The van der Waals surface area contributed by atoms with E-state index in [0.29, 0.717) is 6.08 Å². The molecule has 0 amide bonds. The van der Waals surface area contributed by atoms with Crippen LogP contribution in [0.1, 0.15) is 33.6 Å². The fourth-order valence-electron chi connectivity index (χ4n) is 2.03. The van der Waals surface area contributed by atoms with Crippen molar-refractivity contribution in [3.05, 3.63) is 5.41 Å². The van der Waals surface area contributed by atoms with Crippen LogP contribution in [0.5, 0.6) is 0 Å². The average molecular weight is 214 g/mol. The molecule has 15 heavy (non-hydrogen) atoms. The van der Waals surface area contributed by atoms with Crippen molar-refractivity contribution in [3.63, 3.8) is 0 Å². The predicted octanol–water partition coefficient (Wildman–Crippen LogP) is 1.89. The zero-order valence-electron chi connectivity index (χ0n) is 10.0. The zero-order chi connectivity index (χ0) is 11.7. The lowest BCUT2D eigenvalue weighted by Gasteiger charge is -2.37. The maximum atomic E-state index is 8.24. The standard InChI is InChI=1S/C10H22NO.CNO/c1-4-12-9-11(10(2)3)7-5-6-8-11;2-1-3/h10H,4-9H2,1-3H3;/q+1;-1. The van der Waals surface area contributed by atoms with Gasteiger partial charge in [-0.1, -0.05) is 0 Å². The highest BCUT2D eigenvalue weighted by atomic mass is 16.5. The third kappa shape index (κ3) is 4.56. The molecule has 1 heterocycles. The summed E-state index contributed by atoms with van der Waals surface area (Å²) in [7, 11) is 0. The van der Waals surface area contributed by atoms with Crippen molar-refractivity contribution in [2.45, 2.75) is 39.7 Å². The van der Waals surface area contributed by atoms with Gasteiger partial charge in [-0.15, -0.1) is 0 Å². The number of nitrogens with zero attached hydrogens (tertiary/aromatic N) is 2. The molecule has 0 aromatic heterocycles. The van der Waals surface area contributed by atoms with Gasteiger partial charge in [0.15, 0.2) is 6.73 Å². The molecule has 0 unspecified atom stereocenters. The van der Waals surface area contributed by atoms with Crippen molar-refractivity contribution in [1.29, 1.82) is 0 Å². The Morgan fingerprint density at radius 3 is 2.20 bits per heavy atom. The number of carbonyl (C=O) groups excluding carboxylic acids is 1. The largest absolute Gasteiger partial charge is 0.724 e. The van der Waals surface area contributed by atoms with Crippen LogP contribution in [0, 0.1) is 0 Å². The Morgan fingerprint density at radius 2 is 1.87 bits per heavy atom. The first kappa shape index (κ1) is 14.3. The second-order valence-electron chi connectivity index (χ2n) is 4.18. The summed E-state index contributed by atoms with van der Waals surface area (Å²) < 4.78 is 6.74. The first-order valence-corrected chi connectivity index (χ1v) is 5.57. The van der Waals surface area contributed by atoms with Gasteiger partial charge in [-0.3, -0.25) is 9.28 Å². The molecule has 1 aliphatic heterocycles. The van der Waals surface area contributed by atoms with E-state index in [1.54, 1.807) is 0 Å². The summed E-state index contributed by atoms with van der Waals surface area (Å²) in [5.41, 5.74) is 0. The highest BCUT2D eigenvalue weighted by Crippen LogP contribution is 2.23. The smallest absolute Gasteiger partial charge is 0.183 e. The van der Waals surface area contributed by atoms with Gasteiger partial charge in [-0.25, -0.2) is 0 Å². The molecule has 88 valence electrons. The Bertz CT molecular complexity index is 193. The average Bonchev–Trinajstić information content (AvgIpc) is 2.65. The van der Waals surface area contributed by atoms with Crippen molar-refractivity contribution in [3.8, 4) is 0 Å². The molecule has 1 aliphatic rings. The van der Waals surface area contributed by atoms with Gasteiger partial charge in [0.25, 0.3) is 0 Å². The first-order valence-electron chi connectivity index (χ1n) is 5.57. The minimum atomic E-state index is 0.500. The normalized spacial score (nSPS) is 18.1. The Hall–Kier alpha value is -0.700. The summed E-state index contributed by atoms with van der Waals surface area (Å²) in [4.78, 5) is 8.24. The molecule has 4 nitrogen and oxygen atoms in total. The van der Waals surface area contributed by atoms with Crippen LogP contribution < -0.4 is 0 Å². The van der Waals surface area contributed by atoms with Gasteiger partial charge in [-0.2, -0.15) is 0 Å². The molecule has 0 bridgehead atoms. The first-order chi connectivity index (χ1) is 7.13. The molecule has 0 atom stereocenters. The molecule has 0 N–H and O–H groups in total. The molecule has 0 radical (unpaired) electrons. The van der Waals surface area contributed by atoms with Crippen LogP contribution >= 0.6 is 0 Å². The van der Waals surface area contributed by atoms with Crippen LogP contribution in [0.2, 0.25) is 0 Å². The van der Waals surface area contributed by atoms with Crippen LogP contribution in [-0.4, -0.2) is 43.0 Å². The van der Waals surface area contributed by atoms with Crippen LogP contribution in [-0.2, 0) is 9.53 Å². The topological polar surface area (TPSA) is 48.6 Å². The van der Waals surface area contributed by atoms with Gasteiger partial charge >= 0.3 is 0 Å². The number of rotatable bonds is 4. The molecular weight excluding hydrogens is 192 g/mol. The SMILES string of the molecule is CCOC[N+]1(C(C)C)CCCC1.[N-]=C=O. The van der Waals surface area contributed by atoms with Crippen LogP contribution in [0.3, 0.4) is 0 Å². The summed E-state index contributed by atoms with van der Waals surface area (Å²) in [5, 5.41) is 6.76. The maximum absolute atomic E-state index is 8.24. The lowest BCUT2D eigenvalue weighted by molar-refractivity contribution is -0.954. The van der Waals surface area contributed by atoms with Crippen LogP contribution in [0.4, 0.5) is 0 Å². The highest BCUT2D eigenvalue weighted by Gasteiger charge is 2.34. The van der Waals surface area contributed by atoms with Gasteiger partial charge in [0.1, 0.15) is 0 Å². The predicted molar refractivity (Wildman–Crippen MR) is 59.9 cm³/mol. The highest BCUT2D eigenvalue weighted by molar-refractivity contribution is 5.36. The monoisotopic (exact) mass is 214 g/mol. The van der Waals surface area contributed by atoms with E-state index in [0.717, 1.165) is 19.4 Å². The Morgan fingerprint density at radius 1 is 1.40 bits per heavy atom. The molecule has 1 rings (SSSR count). The number of ether oxygens (including phenoxy) is 1. The number of likely N-dealkylation sites (tertiary alicyclic amines) is 1. The summed E-state index contributed by atoms with van der Waals surface area (Å²) in [5.74, 6) is 0. The Kier molecular flexibility index (Phi) is 7.22. The van der Waals surface area contributed by atoms with Crippen LogP contribution in [0.15, 0.2) is 0 Å². The second kappa shape index (κ2) is 7.57. The van der Waals surface area contributed by atoms with Gasteiger partial charge < -0.3 is 10.1 Å². The molecule has 1 saturated heterocycles. The summed E-state index contributed by atoms with van der Waals surface area (Å²) in [6.07, 6.45) is 3.26. The third-order valence-electron chi connectivity index (χ3n) is 3.10. The molecule has 0 aromatic rings. The fourth-order valence-corrected chi connectivity index (χ4v) is 2.03. The maximum Gasteiger partial charge on any atom is 0.183 e. The number of hydrogen-bond donors (Lipinski definition) is 0. The van der Waals surface area contributed by atoms with Crippen molar-refractivity contribution in [2.24, 2.45) is 0 Å². The van der Waals surface area contributed by atoms with Gasteiger partial charge in [0.2, 0.25) is 0 Å². The van der Waals surface area contributed by atoms with Gasteiger partial charge in [0.05, 0.1) is 19.1 Å². The molecule has 0 aromatic carbocycles. The van der Waals surface area contributed by atoms with E-state index < -0.39 is 0 Å². The zero-order valence-corrected chi connectivity index (χ0v) is 10.0. The lowest BCUT2D eigenvalue weighted by Crippen LogP contribution is -2.52. The van der Waals surface area contributed by atoms with Crippen molar-refractivity contribution >= 4 is 6.08 Å². The minimum Gasteiger partial charge on any atom is -0.724 e. The summed E-state index contributed by atoms with van der Waals surface area (Å²) in [6.45, 7) is 11.1. The van der Waals surface area contributed by atoms with Crippen molar-refractivity contribution in [2.75, 3.05) is 26.4 Å². The third-order valence-corrected chi connectivity index (χ3v) is 3.10. The van der Waals surface area contributed by atoms with Crippen LogP contribution in [0.25, 0.3) is 5.41 Å². The molecular formula is C11H22N2O2. The quantitative estimate of drug-likeness (QED) is 0.407. The van der Waals surface area contributed by atoms with E-state index >= 15 is 0 Å². The van der Waals surface area contributed by atoms with Crippen molar-refractivity contribution < 1.29 is 14.0 Å². The van der Waals surface area contributed by atoms with E-state index in [1.807, 2.05) is 0 Å². The van der Waals surface area contributed by atoms with Gasteiger partial charge in [-0.05, 0) is 26.9 Å². The molecule has 0 spiro atoms. The second-order valence-corrected chi connectivity index (χ2v) is 4.18. The summed E-state index contributed by atoms with van der Waals surface area (Å²) >= 11 is 0. The molecule has 1 fully saturated rings. The number of isocyanates is 1. The Balaban J connectivity index is 0.000000583. The lowest BCUT2D eigenvalue weighted by atomic mass is 10.3. The molecule has 0 aliphatic carbocycles. The van der Waals surface area contributed by atoms with E-state index in [4.69, 9.17) is 14.9 Å². The van der Waals surface area contributed by atoms with E-state index in [9.17, 15) is 0 Å². The molecule has 4 heteroatoms. The Labute approximate surface area is 92.3 Å². The number of hydrogen-bond acceptors (Lipinski definition) is 2. The van der Waals surface area contributed by atoms with Crippen molar-refractivity contribution in [1.82, 2.24) is 0 Å². The minimum absolute atomic E-state index is 0.500. The van der Waals surface area contributed by atoms with E-state index in [1.165, 1.54) is 30.4 Å². The summed E-state index contributed by atoms with van der Waals surface area (Å²) in [6, 6.07) is 0.721. The molecule has 0 saturated carbocycles. The van der Waals surface area contributed by atoms with Gasteiger partial charge in [0, 0.05) is 19.4 Å². The van der Waals surface area contributed by atoms with E-state index in [2.05, 4.69) is 20.8 Å².